The molecule has 3 rings (SSSR count). The predicted molar refractivity (Wildman–Crippen MR) is 80.3 cm³/mol. The van der Waals surface area contributed by atoms with Gasteiger partial charge in [0.25, 0.3) is 0 Å². The highest BCUT2D eigenvalue weighted by atomic mass is 16.5. The lowest BCUT2D eigenvalue weighted by Gasteiger charge is -2.50. The van der Waals surface area contributed by atoms with Crippen molar-refractivity contribution in [2.24, 2.45) is 5.41 Å². The van der Waals surface area contributed by atoms with Crippen molar-refractivity contribution in [1.82, 2.24) is 9.80 Å². The molecule has 0 spiro atoms. The van der Waals surface area contributed by atoms with E-state index < -0.39 is 0 Å². The van der Waals surface area contributed by atoms with E-state index in [9.17, 15) is 4.79 Å². The van der Waals surface area contributed by atoms with Gasteiger partial charge in [-0.15, -0.1) is 0 Å². The molecule has 0 unspecified atom stereocenters. The first-order valence-corrected chi connectivity index (χ1v) is 8.48. The Balaban J connectivity index is 1.69. The second kappa shape index (κ2) is 6.53. The Hall–Kier alpha value is -0.810. The standard InChI is InChI=1S/C16H28N2O3/c1-2-20-13-16-7-5-11-21-14(16)6-10-18(12-16)15(19)17-8-3-4-9-17/h14H,2-13H2,1H3/t14-,16-/m0/s1. The van der Waals surface area contributed by atoms with Crippen LogP contribution in [0.4, 0.5) is 4.79 Å². The van der Waals surface area contributed by atoms with Crippen LogP contribution in [-0.2, 0) is 9.47 Å². The first kappa shape index (κ1) is 15.1. The number of carbonyl (C=O) groups excluding carboxylic acids is 1. The molecular formula is C16H28N2O3. The number of hydrogen-bond donors (Lipinski definition) is 0. The summed E-state index contributed by atoms with van der Waals surface area (Å²) in [5, 5.41) is 0. The molecule has 3 heterocycles. The summed E-state index contributed by atoms with van der Waals surface area (Å²) in [7, 11) is 0. The summed E-state index contributed by atoms with van der Waals surface area (Å²) in [6.07, 6.45) is 5.70. The molecular weight excluding hydrogens is 268 g/mol. The van der Waals surface area contributed by atoms with E-state index in [0.717, 1.165) is 78.1 Å². The molecule has 21 heavy (non-hydrogen) atoms. The van der Waals surface area contributed by atoms with Gasteiger partial charge in [0.15, 0.2) is 0 Å². The van der Waals surface area contributed by atoms with Crippen LogP contribution in [0.15, 0.2) is 0 Å². The molecule has 3 saturated heterocycles. The Labute approximate surface area is 127 Å². The second-order valence-corrected chi connectivity index (χ2v) is 6.65. The van der Waals surface area contributed by atoms with Crippen molar-refractivity contribution in [3.05, 3.63) is 0 Å². The molecule has 2 atom stereocenters. The molecule has 0 bridgehead atoms. The highest BCUT2D eigenvalue weighted by molar-refractivity contribution is 5.75. The van der Waals surface area contributed by atoms with E-state index in [0.29, 0.717) is 0 Å². The maximum Gasteiger partial charge on any atom is 0.320 e. The van der Waals surface area contributed by atoms with Gasteiger partial charge in [0.2, 0.25) is 0 Å². The zero-order chi connectivity index (χ0) is 14.7. The van der Waals surface area contributed by atoms with Crippen molar-refractivity contribution < 1.29 is 14.3 Å². The minimum absolute atomic E-state index is 0.0158. The molecule has 5 nitrogen and oxygen atoms in total. The third kappa shape index (κ3) is 3.04. The Morgan fingerprint density at radius 1 is 1.24 bits per heavy atom. The van der Waals surface area contributed by atoms with Gasteiger partial charge in [-0.2, -0.15) is 0 Å². The van der Waals surface area contributed by atoms with Crippen molar-refractivity contribution in [3.63, 3.8) is 0 Å². The maximum atomic E-state index is 12.7. The number of ether oxygens (including phenoxy) is 2. The average molecular weight is 296 g/mol. The van der Waals surface area contributed by atoms with E-state index in [4.69, 9.17) is 9.47 Å². The van der Waals surface area contributed by atoms with Crippen LogP contribution in [0.25, 0.3) is 0 Å². The first-order valence-electron chi connectivity index (χ1n) is 8.48. The lowest BCUT2D eigenvalue weighted by molar-refractivity contribution is -0.146. The molecule has 0 N–H and O–H groups in total. The van der Waals surface area contributed by atoms with Crippen molar-refractivity contribution in [2.45, 2.75) is 45.1 Å². The highest BCUT2D eigenvalue weighted by Gasteiger charge is 2.47. The van der Waals surface area contributed by atoms with Crippen molar-refractivity contribution in [3.8, 4) is 0 Å². The molecule has 3 aliphatic heterocycles. The monoisotopic (exact) mass is 296 g/mol. The van der Waals surface area contributed by atoms with Gasteiger partial charge in [0.1, 0.15) is 0 Å². The summed E-state index contributed by atoms with van der Waals surface area (Å²) in [4.78, 5) is 16.7. The highest BCUT2D eigenvalue weighted by Crippen LogP contribution is 2.40. The van der Waals surface area contributed by atoms with E-state index in [1.54, 1.807) is 0 Å². The van der Waals surface area contributed by atoms with Crippen LogP contribution < -0.4 is 0 Å². The summed E-state index contributed by atoms with van der Waals surface area (Å²) >= 11 is 0. The zero-order valence-electron chi connectivity index (χ0n) is 13.2. The average Bonchev–Trinajstić information content (AvgIpc) is 3.06. The topological polar surface area (TPSA) is 42.0 Å². The van der Waals surface area contributed by atoms with Crippen LogP contribution in [0.2, 0.25) is 0 Å². The van der Waals surface area contributed by atoms with Gasteiger partial charge in [-0.05, 0) is 39.0 Å². The number of hydrogen-bond acceptors (Lipinski definition) is 3. The number of fused-ring (bicyclic) bond motifs is 1. The molecule has 0 radical (unpaired) electrons. The second-order valence-electron chi connectivity index (χ2n) is 6.65. The van der Waals surface area contributed by atoms with Crippen LogP contribution in [-0.4, -0.2) is 67.9 Å². The van der Waals surface area contributed by atoms with Crippen LogP contribution >= 0.6 is 0 Å². The molecule has 120 valence electrons. The Bertz CT molecular complexity index is 371. The quantitative estimate of drug-likeness (QED) is 0.801. The summed E-state index contributed by atoms with van der Waals surface area (Å²) in [6, 6.07) is 0.229. The van der Waals surface area contributed by atoms with Crippen LogP contribution in [0, 0.1) is 5.41 Å². The number of rotatable bonds is 3. The molecule has 5 heteroatoms. The molecule has 0 aromatic carbocycles. The van der Waals surface area contributed by atoms with E-state index in [1.807, 2.05) is 11.8 Å². The van der Waals surface area contributed by atoms with Gasteiger partial charge in [-0.25, -0.2) is 4.79 Å². The van der Waals surface area contributed by atoms with Gasteiger partial charge in [-0.1, -0.05) is 0 Å². The van der Waals surface area contributed by atoms with Gasteiger partial charge in [0, 0.05) is 44.8 Å². The molecule has 0 saturated carbocycles. The Kier molecular flexibility index (Phi) is 4.69. The normalized spacial score (nSPS) is 33.1. The lowest BCUT2D eigenvalue weighted by atomic mass is 9.73. The van der Waals surface area contributed by atoms with Gasteiger partial charge in [0.05, 0.1) is 12.7 Å². The van der Waals surface area contributed by atoms with Crippen LogP contribution in [0.5, 0.6) is 0 Å². The lowest BCUT2D eigenvalue weighted by Crippen LogP contribution is -2.59. The number of nitrogens with zero attached hydrogens (tertiary/aromatic N) is 2. The van der Waals surface area contributed by atoms with Crippen LogP contribution in [0.3, 0.4) is 0 Å². The fourth-order valence-electron chi connectivity index (χ4n) is 4.08. The molecule has 0 aliphatic carbocycles. The minimum atomic E-state index is 0.0158. The van der Waals surface area contributed by atoms with Gasteiger partial charge >= 0.3 is 6.03 Å². The largest absolute Gasteiger partial charge is 0.381 e. The fourth-order valence-corrected chi connectivity index (χ4v) is 4.08. The molecule has 0 aromatic heterocycles. The maximum absolute atomic E-state index is 12.7. The number of piperidine rings is 1. The number of amides is 2. The number of likely N-dealkylation sites (tertiary alicyclic amines) is 2. The SMILES string of the molecule is CCOC[C@@]12CCCO[C@H]1CCN(C(=O)N1CCCC1)C2. The summed E-state index contributed by atoms with van der Waals surface area (Å²) < 4.78 is 11.8. The fraction of sp³-hybridized carbons (Fsp3) is 0.938. The molecule has 3 aliphatic rings. The number of urea groups is 1. The van der Waals surface area contributed by atoms with Gasteiger partial charge in [-0.3, -0.25) is 0 Å². The number of carbonyl (C=O) groups is 1. The van der Waals surface area contributed by atoms with Crippen molar-refractivity contribution >= 4 is 6.03 Å². The summed E-state index contributed by atoms with van der Waals surface area (Å²) in [5.74, 6) is 0. The van der Waals surface area contributed by atoms with Crippen molar-refractivity contribution in [2.75, 3.05) is 46.0 Å². The van der Waals surface area contributed by atoms with E-state index >= 15 is 0 Å². The molecule has 0 aromatic rings. The smallest absolute Gasteiger partial charge is 0.320 e. The van der Waals surface area contributed by atoms with E-state index in [1.165, 1.54) is 0 Å². The summed E-state index contributed by atoms with van der Waals surface area (Å²) in [6.45, 7) is 7.82. The van der Waals surface area contributed by atoms with E-state index in [2.05, 4.69) is 4.90 Å². The third-order valence-corrected chi connectivity index (χ3v) is 5.23. The Morgan fingerprint density at radius 3 is 2.81 bits per heavy atom. The first-order chi connectivity index (χ1) is 10.2. The third-order valence-electron chi connectivity index (χ3n) is 5.23. The molecule has 3 fully saturated rings. The minimum Gasteiger partial charge on any atom is -0.381 e. The van der Waals surface area contributed by atoms with E-state index in [-0.39, 0.29) is 17.6 Å². The molecule has 2 amide bonds. The van der Waals surface area contributed by atoms with Gasteiger partial charge < -0.3 is 19.3 Å². The zero-order valence-corrected chi connectivity index (χ0v) is 13.2. The Morgan fingerprint density at radius 2 is 2.05 bits per heavy atom. The van der Waals surface area contributed by atoms with Crippen LogP contribution in [0.1, 0.15) is 39.0 Å². The predicted octanol–water partition coefficient (Wildman–Crippen LogP) is 2.11. The summed E-state index contributed by atoms with van der Waals surface area (Å²) in [5.41, 5.74) is 0.0158. The van der Waals surface area contributed by atoms with Crippen molar-refractivity contribution in [1.29, 1.82) is 0 Å².